The van der Waals surface area contributed by atoms with E-state index in [0.717, 1.165) is 5.56 Å². The van der Waals surface area contributed by atoms with Gasteiger partial charge in [-0.05, 0) is 37.8 Å². The Morgan fingerprint density at radius 1 is 1.21 bits per heavy atom. The van der Waals surface area contributed by atoms with Crippen LogP contribution in [-0.2, 0) is 24.3 Å². The minimum Gasteiger partial charge on any atom is -0.359 e. The highest BCUT2D eigenvalue weighted by Crippen LogP contribution is 2.20. The van der Waals surface area contributed by atoms with Crippen molar-refractivity contribution in [2.24, 2.45) is 5.92 Å². The summed E-state index contributed by atoms with van der Waals surface area (Å²) in [6.45, 7) is 2.60. The number of ether oxygens (including phenoxy) is 2. The molecule has 0 N–H and O–H groups in total. The van der Waals surface area contributed by atoms with Gasteiger partial charge in [0.1, 0.15) is 6.79 Å². The van der Waals surface area contributed by atoms with Crippen LogP contribution in [0.2, 0.25) is 0 Å². The average Bonchev–Trinajstić information content (AvgIpc) is 2.66. The van der Waals surface area contributed by atoms with Crippen LogP contribution in [0.4, 0.5) is 0 Å². The van der Waals surface area contributed by atoms with Crippen molar-refractivity contribution in [3.05, 3.63) is 53.6 Å². The first-order valence-electron chi connectivity index (χ1n) is 9.35. The van der Waals surface area contributed by atoms with E-state index in [0.29, 0.717) is 31.4 Å². The molecule has 2 rings (SSSR count). The number of ketones is 1. The van der Waals surface area contributed by atoms with Crippen LogP contribution in [-0.4, -0.2) is 52.6 Å². The van der Waals surface area contributed by atoms with Gasteiger partial charge >= 0.3 is 0 Å². The molecule has 0 aliphatic heterocycles. The van der Waals surface area contributed by atoms with Crippen LogP contribution in [0.3, 0.4) is 0 Å². The van der Waals surface area contributed by atoms with E-state index in [4.69, 9.17) is 9.47 Å². The van der Waals surface area contributed by atoms with E-state index in [1.807, 2.05) is 25.2 Å². The molecule has 0 spiro atoms. The fourth-order valence-electron chi connectivity index (χ4n) is 2.94. The number of carbonyl (C=O) groups excluding carboxylic acids is 1. The molecule has 1 aliphatic carbocycles. The second-order valence-electron chi connectivity index (χ2n) is 6.93. The summed E-state index contributed by atoms with van der Waals surface area (Å²) in [5.41, 5.74) is 1.63. The zero-order valence-electron chi connectivity index (χ0n) is 16.8. The highest BCUT2D eigenvalue weighted by atomic mass is 32.2. The Hall–Kier alpha value is -1.80. The van der Waals surface area contributed by atoms with Crippen molar-refractivity contribution in [1.82, 2.24) is 4.31 Å². The topological polar surface area (TPSA) is 72.9 Å². The molecular weight excluding hydrogens is 378 g/mol. The maximum atomic E-state index is 12.7. The fourth-order valence-corrected chi connectivity index (χ4v) is 4.12. The summed E-state index contributed by atoms with van der Waals surface area (Å²) < 4.78 is 37.0. The van der Waals surface area contributed by atoms with Crippen molar-refractivity contribution in [3.63, 3.8) is 0 Å². The van der Waals surface area contributed by atoms with E-state index in [2.05, 4.69) is 0 Å². The smallest absolute Gasteiger partial charge is 0.242 e. The lowest BCUT2D eigenvalue weighted by Gasteiger charge is -2.20. The molecular formula is C21H29NO5S. The molecule has 0 heterocycles. The summed E-state index contributed by atoms with van der Waals surface area (Å²) >= 11 is 0. The summed E-state index contributed by atoms with van der Waals surface area (Å²) in [7, 11) is -0.420. The minimum atomic E-state index is -3.53. The summed E-state index contributed by atoms with van der Waals surface area (Å²) in [5.74, 6) is 0.0344. The van der Waals surface area contributed by atoms with Crippen molar-refractivity contribution in [1.29, 1.82) is 0 Å². The number of allylic oxidation sites excluding steroid dienone is 3. The molecule has 0 bridgehead atoms. The van der Waals surface area contributed by atoms with Crippen molar-refractivity contribution in [2.75, 3.05) is 34.1 Å². The number of hydrogen-bond donors (Lipinski definition) is 0. The molecule has 0 amide bonds. The number of sulfonamides is 1. The maximum Gasteiger partial charge on any atom is 0.242 e. The number of Topliss-reactive ketones (excluding diaryl/α,β-unsaturated/α-hetero) is 1. The molecule has 0 fully saturated rings. The molecule has 0 radical (unpaired) electrons. The van der Waals surface area contributed by atoms with Gasteiger partial charge in [0.25, 0.3) is 0 Å². The minimum absolute atomic E-state index is 0.0268. The van der Waals surface area contributed by atoms with E-state index >= 15 is 0 Å². The summed E-state index contributed by atoms with van der Waals surface area (Å²) in [4.78, 5) is 12.6. The van der Waals surface area contributed by atoms with E-state index in [1.54, 1.807) is 31.3 Å². The van der Waals surface area contributed by atoms with Gasteiger partial charge in [0.05, 0.1) is 11.5 Å². The lowest BCUT2D eigenvalue weighted by molar-refractivity contribution is -0.116. The summed E-state index contributed by atoms with van der Waals surface area (Å²) in [6.07, 6.45) is 7.62. The van der Waals surface area contributed by atoms with Gasteiger partial charge in [-0.2, -0.15) is 0 Å². The van der Waals surface area contributed by atoms with Crippen molar-refractivity contribution < 1.29 is 22.7 Å². The molecule has 1 aliphatic rings. The van der Waals surface area contributed by atoms with Crippen molar-refractivity contribution in [2.45, 2.75) is 31.1 Å². The third kappa shape index (κ3) is 6.38. The number of aryl methyl sites for hydroxylation is 1. The zero-order valence-corrected chi connectivity index (χ0v) is 17.6. The van der Waals surface area contributed by atoms with Gasteiger partial charge in [0.2, 0.25) is 10.0 Å². The third-order valence-electron chi connectivity index (χ3n) is 4.66. The Morgan fingerprint density at radius 3 is 2.61 bits per heavy atom. The highest BCUT2D eigenvalue weighted by Gasteiger charge is 2.22. The summed E-state index contributed by atoms with van der Waals surface area (Å²) in [5, 5.41) is 0. The first-order chi connectivity index (χ1) is 13.3. The number of carbonyl (C=O) groups is 1. The Balaban J connectivity index is 2.06. The van der Waals surface area contributed by atoms with Crippen LogP contribution in [0.25, 0.3) is 0 Å². The summed E-state index contributed by atoms with van der Waals surface area (Å²) in [6, 6.07) is 6.83. The first kappa shape index (κ1) is 22.5. The standard InChI is InChI=1S/C21H29NO5S/c1-17-8-10-20(11-9-17)28(24,25)22(2)13-12-18-6-4-5-7-21(23)19(14-18)15-27-16-26-3/h4,6,8-11,14,18H,5,7,12-13,15-16H2,1-3H3/b6-4-,19-14-. The molecule has 1 aromatic rings. The molecule has 154 valence electrons. The van der Waals surface area contributed by atoms with Gasteiger partial charge in [-0.3, -0.25) is 4.79 Å². The molecule has 1 aromatic carbocycles. The molecule has 7 heteroatoms. The molecule has 0 saturated carbocycles. The van der Waals surface area contributed by atoms with Crippen molar-refractivity contribution in [3.8, 4) is 0 Å². The quantitative estimate of drug-likeness (QED) is 0.357. The van der Waals surface area contributed by atoms with Crippen LogP contribution < -0.4 is 0 Å². The van der Waals surface area contributed by atoms with Gasteiger partial charge < -0.3 is 9.47 Å². The van der Waals surface area contributed by atoms with Gasteiger partial charge in [0, 0.05) is 32.7 Å². The van der Waals surface area contributed by atoms with Gasteiger partial charge in [-0.1, -0.05) is 35.9 Å². The Labute approximate surface area is 167 Å². The molecule has 0 saturated heterocycles. The number of hydrogen-bond acceptors (Lipinski definition) is 5. The van der Waals surface area contributed by atoms with Crippen LogP contribution in [0.15, 0.2) is 53.0 Å². The van der Waals surface area contributed by atoms with E-state index in [9.17, 15) is 13.2 Å². The molecule has 0 aromatic heterocycles. The van der Waals surface area contributed by atoms with Gasteiger partial charge in [0.15, 0.2) is 5.78 Å². The van der Waals surface area contributed by atoms with E-state index in [-0.39, 0.29) is 30.0 Å². The lowest BCUT2D eigenvalue weighted by Crippen LogP contribution is -2.29. The second-order valence-corrected chi connectivity index (χ2v) is 8.97. The normalized spacial score (nSPS) is 21.1. The van der Waals surface area contributed by atoms with Gasteiger partial charge in [-0.25, -0.2) is 12.7 Å². The van der Waals surface area contributed by atoms with Crippen molar-refractivity contribution >= 4 is 15.8 Å². The van der Waals surface area contributed by atoms with Crippen LogP contribution in [0.5, 0.6) is 0 Å². The second kappa shape index (κ2) is 10.7. The maximum absolute atomic E-state index is 12.7. The van der Waals surface area contributed by atoms with E-state index in [1.165, 1.54) is 11.4 Å². The molecule has 28 heavy (non-hydrogen) atoms. The Bertz CT molecular complexity index is 812. The van der Waals surface area contributed by atoms with Crippen LogP contribution in [0, 0.1) is 12.8 Å². The van der Waals surface area contributed by atoms with E-state index < -0.39 is 10.0 Å². The predicted molar refractivity (Wildman–Crippen MR) is 108 cm³/mol. The molecule has 1 unspecified atom stereocenters. The monoisotopic (exact) mass is 407 g/mol. The number of methoxy groups -OCH3 is 1. The third-order valence-corrected chi connectivity index (χ3v) is 6.53. The average molecular weight is 408 g/mol. The highest BCUT2D eigenvalue weighted by molar-refractivity contribution is 7.89. The zero-order chi connectivity index (χ0) is 20.6. The number of benzene rings is 1. The SMILES string of the molecule is COCOC/C1=C/C(CCN(C)S(=O)(=O)c2ccc(C)cc2)/C=C\CCC1=O. The van der Waals surface area contributed by atoms with Gasteiger partial charge in [-0.15, -0.1) is 0 Å². The van der Waals surface area contributed by atoms with Crippen LogP contribution in [0.1, 0.15) is 24.8 Å². The lowest BCUT2D eigenvalue weighted by atomic mass is 9.95. The Morgan fingerprint density at radius 2 is 1.93 bits per heavy atom. The number of nitrogens with zero attached hydrogens (tertiary/aromatic N) is 1. The molecule has 1 atom stereocenters. The largest absolute Gasteiger partial charge is 0.359 e. The van der Waals surface area contributed by atoms with Crippen LogP contribution >= 0.6 is 0 Å². The number of rotatable bonds is 9. The fraction of sp³-hybridized carbons (Fsp3) is 0.476. The predicted octanol–water partition coefficient (Wildman–Crippen LogP) is 3.09. The Kier molecular flexibility index (Phi) is 8.57. The molecule has 6 nitrogen and oxygen atoms in total. The first-order valence-corrected chi connectivity index (χ1v) is 10.8.